The Balaban J connectivity index is 0.000000261. The van der Waals surface area contributed by atoms with E-state index < -0.39 is 5.97 Å². The summed E-state index contributed by atoms with van der Waals surface area (Å²) in [5.74, 6) is -0.833. The van der Waals surface area contributed by atoms with E-state index in [2.05, 4.69) is 12.1 Å². The van der Waals surface area contributed by atoms with Crippen molar-refractivity contribution in [1.29, 1.82) is 0 Å². The number of carbonyl (C=O) groups is 1. The Morgan fingerprint density at radius 3 is 2.00 bits per heavy atom. The molecule has 0 saturated heterocycles. The molecule has 0 aliphatic rings. The Morgan fingerprint density at radius 1 is 1.42 bits per heavy atom. The first-order valence-corrected chi connectivity index (χ1v) is 6.14. The predicted octanol–water partition coefficient (Wildman–Crippen LogP) is 0.532. The molecule has 3 nitrogen and oxygen atoms in total. The van der Waals surface area contributed by atoms with Crippen LogP contribution in [0.3, 0.4) is 0 Å². The summed E-state index contributed by atoms with van der Waals surface area (Å²) < 4.78 is 1.44. The van der Waals surface area contributed by atoms with E-state index in [1.807, 2.05) is 12.1 Å². The molecule has 1 aromatic carbocycles. The van der Waals surface area contributed by atoms with E-state index in [0.717, 1.165) is 38.7 Å². The SMILES string of the molecule is CC(=O)O.Nc1cc[c]([Hg+])cc1. The maximum atomic E-state index is 9.00. The molecule has 4 heteroatoms. The van der Waals surface area contributed by atoms with Crippen LogP contribution in [0.4, 0.5) is 5.69 Å². The number of carboxylic acids is 1. The van der Waals surface area contributed by atoms with Crippen LogP contribution in [0.1, 0.15) is 6.92 Å². The van der Waals surface area contributed by atoms with E-state index in [1.165, 1.54) is 3.07 Å². The Hall–Kier alpha value is -0.575. The quantitative estimate of drug-likeness (QED) is 0.529. The van der Waals surface area contributed by atoms with Gasteiger partial charge >= 0.3 is 64.9 Å². The van der Waals surface area contributed by atoms with Gasteiger partial charge < -0.3 is 5.11 Å². The zero-order valence-electron chi connectivity index (χ0n) is 6.95. The molecular formula is C8H10HgNO2+. The number of nitrogens with two attached hydrogens (primary N) is 1. The van der Waals surface area contributed by atoms with Gasteiger partial charge in [-0.3, -0.25) is 4.79 Å². The van der Waals surface area contributed by atoms with Gasteiger partial charge in [0.15, 0.2) is 0 Å². The molecule has 0 unspecified atom stereocenters. The van der Waals surface area contributed by atoms with Gasteiger partial charge in [-0.2, -0.15) is 0 Å². The molecule has 0 fully saturated rings. The van der Waals surface area contributed by atoms with Gasteiger partial charge in [0.25, 0.3) is 5.97 Å². The maximum absolute atomic E-state index is 9.00. The van der Waals surface area contributed by atoms with Crippen LogP contribution in [0.15, 0.2) is 24.3 Å². The molecule has 0 atom stereocenters. The molecule has 1 rings (SSSR count). The van der Waals surface area contributed by atoms with Crippen LogP contribution in [0.25, 0.3) is 0 Å². The number of aliphatic carboxylic acids is 1. The normalized spacial score (nSPS) is 8.25. The monoisotopic (exact) mass is 354 g/mol. The van der Waals surface area contributed by atoms with Crippen LogP contribution >= 0.6 is 0 Å². The molecule has 0 bridgehead atoms. The van der Waals surface area contributed by atoms with Crippen molar-refractivity contribution in [1.82, 2.24) is 0 Å². The second-order valence-corrected chi connectivity index (χ2v) is 5.43. The van der Waals surface area contributed by atoms with Gasteiger partial charge in [-0.05, 0) is 0 Å². The molecule has 0 amide bonds. The van der Waals surface area contributed by atoms with Gasteiger partial charge in [0, 0.05) is 6.92 Å². The minimum absolute atomic E-state index is 0.746. The molecule has 3 N–H and O–H groups in total. The van der Waals surface area contributed by atoms with E-state index in [4.69, 9.17) is 15.6 Å². The van der Waals surface area contributed by atoms with Crippen molar-refractivity contribution in [2.45, 2.75) is 6.92 Å². The molecule has 12 heavy (non-hydrogen) atoms. The summed E-state index contributed by atoms with van der Waals surface area (Å²) in [7, 11) is 0. The Morgan fingerprint density at radius 2 is 1.75 bits per heavy atom. The Bertz CT molecular complexity index is 221. The summed E-state index contributed by atoms with van der Waals surface area (Å²) in [6.45, 7) is 1.08. The summed E-state index contributed by atoms with van der Waals surface area (Å²) >= 11 is 0.746. The Labute approximate surface area is 87.6 Å². The summed E-state index contributed by atoms with van der Waals surface area (Å²) in [6, 6.07) is 8.06. The van der Waals surface area contributed by atoms with Gasteiger partial charge in [-0.15, -0.1) is 0 Å². The van der Waals surface area contributed by atoms with E-state index in [-0.39, 0.29) is 0 Å². The predicted molar refractivity (Wildman–Crippen MR) is 43.8 cm³/mol. The van der Waals surface area contributed by atoms with Crippen LogP contribution in [0.2, 0.25) is 0 Å². The van der Waals surface area contributed by atoms with E-state index in [1.54, 1.807) is 0 Å². The fourth-order valence-corrected chi connectivity index (χ4v) is 1.43. The molecule has 0 aromatic heterocycles. The molecule has 0 radical (unpaired) electrons. The second-order valence-electron chi connectivity index (χ2n) is 2.26. The number of rotatable bonds is 0. The molecule has 0 aliphatic carbocycles. The van der Waals surface area contributed by atoms with E-state index >= 15 is 0 Å². The number of benzene rings is 1. The van der Waals surface area contributed by atoms with Crippen LogP contribution in [0, 0.1) is 0 Å². The van der Waals surface area contributed by atoms with E-state index in [0.29, 0.717) is 0 Å². The van der Waals surface area contributed by atoms with Gasteiger partial charge in [-0.1, -0.05) is 0 Å². The van der Waals surface area contributed by atoms with Gasteiger partial charge in [0.05, 0.1) is 0 Å². The van der Waals surface area contributed by atoms with Crippen molar-refractivity contribution in [3.05, 3.63) is 24.3 Å². The Kier molecular flexibility index (Phi) is 5.71. The molecule has 0 heterocycles. The average molecular weight is 353 g/mol. The van der Waals surface area contributed by atoms with Crippen molar-refractivity contribution < 1.29 is 36.0 Å². The van der Waals surface area contributed by atoms with Gasteiger partial charge in [0.2, 0.25) is 0 Å². The third kappa shape index (κ3) is 7.53. The fourth-order valence-electron chi connectivity index (χ4n) is 0.518. The molecule has 0 aliphatic heterocycles. The zero-order chi connectivity index (χ0) is 9.56. The second kappa shape index (κ2) is 6.00. The zero-order valence-corrected chi connectivity index (χ0v) is 12.4. The van der Waals surface area contributed by atoms with Crippen molar-refractivity contribution in [3.8, 4) is 0 Å². The third-order valence-electron chi connectivity index (χ3n) is 0.980. The van der Waals surface area contributed by atoms with Crippen LogP contribution < -0.4 is 8.81 Å². The first-order chi connectivity index (χ1) is 5.52. The summed E-state index contributed by atoms with van der Waals surface area (Å²) in [5.41, 5.74) is 6.31. The number of hydrogen-bond donors (Lipinski definition) is 2. The fraction of sp³-hybridized carbons (Fsp3) is 0.125. The van der Waals surface area contributed by atoms with Crippen molar-refractivity contribution in [2.75, 3.05) is 5.73 Å². The summed E-state index contributed by atoms with van der Waals surface area (Å²) in [6.07, 6.45) is 0. The molecular weight excluding hydrogens is 343 g/mol. The number of nitrogen functional groups attached to an aromatic ring is 1. The number of anilines is 1. The molecule has 60 valence electrons. The average Bonchev–Trinajstić information content (AvgIpc) is 1.94. The standard InChI is InChI=1S/C6H6N.C2H4O2.Hg/c7-6-4-2-1-3-5-6;1-2(3)4;/h2-5H,7H2;1H3,(H,3,4);/q;;+1. The first kappa shape index (κ1) is 11.4. The van der Waals surface area contributed by atoms with Gasteiger partial charge in [0.1, 0.15) is 0 Å². The van der Waals surface area contributed by atoms with Crippen molar-refractivity contribution in [2.24, 2.45) is 0 Å². The van der Waals surface area contributed by atoms with E-state index in [9.17, 15) is 0 Å². The van der Waals surface area contributed by atoms with Crippen LogP contribution in [0.5, 0.6) is 0 Å². The minimum atomic E-state index is -0.833. The van der Waals surface area contributed by atoms with Crippen LogP contribution in [-0.4, -0.2) is 11.1 Å². The summed E-state index contributed by atoms with van der Waals surface area (Å²) in [5, 5.41) is 7.42. The molecule has 0 spiro atoms. The van der Waals surface area contributed by atoms with Gasteiger partial charge in [-0.25, -0.2) is 0 Å². The third-order valence-corrected chi connectivity index (χ3v) is 2.81. The molecule has 1 aromatic rings. The molecule has 0 saturated carbocycles. The van der Waals surface area contributed by atoms with Crippen molar-refractivity contribution >= 4 is 14.7 Å². The van der Waals surface area contributed by atoms with Crippen LogP contribution in [-0.2, 0) is 30.9 Å². The number of hydrogen-bond acceptors (Lipinski definition) is 2. The number of carboxylic acid groups (broad SMARTS) is 1. The first-order valence-electron chi connectivity index (χ1n) is 3.39. The topological polar surface area (TPSA) is 63.3 Å². The van der Waals surface area contributed by atoms with Crippen molar-refractivity contribution in [3.63, 3.8) is 0 Å². The summed E-state index contributed by atoms with van der Waals surface area (Å²) in [4.78, 5) is 9.00.